The van der Waals surface area contributed by atoms with Crippen molar-refractivity contribution in [3.05, 3.63) is 66.5 Å². The summed E-state index contributed by atoms with van der Waals surface area (Å²) in [5, 5.41) is 3.20. The van der Waals surface area contributed by atoms with Gasteiger partial charge in [0.05, 0.1) is 33.4 Å². The smallest absolute Gasteiger partial charge is 0.338 e. The van der Waals surface area contributed by atoms with Crippen LogP contribution in [0.4, 0.5) is 5.13 Å². The number of carbonyl (C=O) groups is 2. The number of aromatic amines is 1. The van der Waals surface area contributed by atoms with Gasteiger partial charge in [0.2, 0.25) is 0 Å². The standard InChI is InChI=1S/C26H23N5O4S/c1-3-21(24(32)31-26-30-19-10-8-17(34-4-2)13-22(19)36-26)35-25(33)15-7-9-18-20(12-15)29-23(28-18)16-6-5-11-27-14-16/h5-14,21H,3-4H2,1-2H3,(H,28,29)(H,30,31,32). The number of benzene rings is 2. The normalized spacial score (nSPS) is 11.9. The molecule has 3 aromatic heterocycles. The van der Waals surface area contributed by atoms with Gasteiger partial charge < -0.3 is 14.5 Å². The molecule has 1 amide bonds. The molecule has 9 nitrogen and oxygen atoms in total. The van der Waals surface area contributed by atoms with Gasteiger partial charge in [-0.1, -0.05) is 18.3 Å². The number of ether oxygens (including phenoxy) is 2. The monoisotopic (exact) mass is 501 g/mol. The lowest BCUT2D eigenvalue weighted by molar-refractivity contribution is -0.124. The van der Waals surface area contributed by atoms with Crippen LogP contribution < -0.4 is 10.1 Å². The molecule has 0 saturated heterocycles. The molecule has 0 bridgehead atoms. The molecule has 2 N–H and O–H groups in total. The molecule has 1 atom stereocenters. The van der Waals surface area contributed by atoms with Gasteiger partial charge in [-0.25, -0.2) is 14.8 Å². The molecular formula is C26H23N5O4S. The fourth-order valence-corrected chi connectivity index (χ4v) is 4.59. The molecule has 0 saturated carbocycles. The minimum absolute atomic E-state index is 0.314. The molecule has 0 aliphatic heterocycles. The number of H-pyrrole nitrogens is 1. The van der Waals surface area contributed by atoms with Crippen LogP contribution in [0.5, 0.6) is 5.75 Å². The fourth-order valence-electron chi connectivity index (χ4n) is 3.70. The van der Waals surface area contributed by atoms with Crippen LogP contribution in [0.25, 0.3) is 32.6 Å². The average Bonchev–Trinajstić information content (AvgIpc) is 3.50. The van der Waals surface area contributed by atoms with E-state index in [2.05, 4.69) is 25.3 Å². The quantitative estimate of drug-likeness (QED) is 0.280. The van der Waals surface area contributed by atoms with Gasteiger partial charge in [-0.05, 0) is 61.9 Å². The van der Waals surface area contributed by atoms with E-state index in [4.69, 9.17) is 9.47 Å². The van der Waals surface area contributed by atoms with E-state index in [1.165, 1.54) is 11.3 Å². The number of anilines is 1. The second kappa shape index (κ2) is 10.1. The molecule has 3 heterocycles. The van der Waals surface area contributed by atoms with Crippen LogP contribution in [0.1, 0.15) is 30.6 Å². The number of rotatable bonds is 8. The number of amides is 1. The summed E-state index contributed by atoms with van der Waals surface area (Å²) in [4.78, 5) is 42.0. The lowest BCUT2D eigenvalue weighted by atomic mass is 10.2. The van der Waals surface area contributed by atoms with Crippen LogP contribution in [0.2, 0.25) is 0 Å². The number of aromatic nitrogens is 4. The van der Waals surface area contributed by atoms with Crippen molar-refractivity contribution >= 4 is 49.6 Å². The average molecular weight is 502 g/mol. The Balaban J connectivity index is 1.28. The number of esters is 1. The number of fused-ring (bicyclic) bond motifs is 2. The maximum absolute atomic E-state index is 12.9. The van der Waals surface area contributed by atoms with Gasteiger partial charge in [-0.15, -0.1) is 0 Å². The van der Waals surface area contributed by atoms with E-state index in [-0.39, 0.29) is 0 Å². The summed E-state index contributed by atoms with van der Waals surface area (Å²) < 4.78 is 12.0. The molecule has 5 aromatic rings. The first-order chi connectivity index (χ1) is 17.5. The largest absolute Gasteiger partial charge is 0.494 e. The molecule has 2 aromatic carbocycles. The Morgan fingerprint density at radius 2 is 1.94 bits per heavy atom. The highest BCUT2D eigenvalue weighted by molar-refractivity contribution is 7.22. The third-order valence-corrected chi connectivity index (χ3v) is 6.40. The van der Waals surface area contributed by atoms with E-state index < -0.39 is 18.0 Å². The summed E-state index contributed by atoms with van der Waals surface area (Å²) in [6.45, 7) is 4.26. The van der Waals surface area contributed by atoms with Gasteiger partial charge in [-0.3, -0.25) is 15.1 Å². The molecule has 5 rings (SSSR count). The molecule has 36 heavy (non-hydrogen) atoms. The molecule has 1 unspecified atom stereocenters. The maximum Gasteiger partial charge on any atom is 0.338 e. The summed E-state index contributed by atoms with van der Waals surface area (Å²) in [5.41, 5.74) is 3.30. The number of thiazole rings is 1. The summed E-state index contributed by atoms with van der Waals surface area (Å²) in [6.07, 6.45) is 2.75. The maximum atomic E-state index is 12.9. The van der Waals surface area contributed by atoms with Crippen LogP contribution in [-0.4, -0.2) is 44.5 Å². The number of nitrogens with one attached hydrogen (secondary N) is 2. The Bertz CT molecular complexity index is 1550. The highest BCUT2D eigenvalue weighted by atomic mass is 32.1. The van der Waals surface area contributed by atoms with E-state index in [0.717, 1.165) is 21.5 Å². The van der Waals surface area contributed by atoms with E-state index in [1.54, 1.807) is 37.5 Å². The van der Waals surface area contributed by atoms with Crippen molar-refractivity contribution in [1.82, 2.24) is 19.9 Å². The third kappa shape index (κ3) is 4.89. The summed E-state index contributed by atoms with van der Waals surface area (Å²) in [5.74, 6) is 0.367. The first-order valence-electron chi connectivity index (χ1n) is 11.5. The van der Waals surface area contributed by atoms with E-state index in [1.807, 2.05) is 37.3 Å². The number of hydrogen-bond acceptors (Lipinski definition) is 8. The van der Waals surface area contributed by atoms with Crippen LogP contribution >= 0.6 is 11.3 Å². The minimum atomic E-state index is -0.966. The zero-order valence-corrected chi connectivity index (χ0v) is 20.5. The molecule has 182 valence electrons. The highest BCUT2D eigenvalue weighted by Gasteiger charge is 2.23. The van der Waals surface area contributed by atoms with Crippen LogP contribution in [0.15, 0.2) is 60.9 Å². The van der Waals surface area contributed by atoms with Crippen molar-refractivity contribution < 1.29 is 19.1 Å². The van der Waals surface area contributed by atoms with Crippen molar-refractivity contribution in [3.8, 4) is 17.1 Å². The van der Waals surface area contributed by atoms with Gasteiger partial charge in [0.15, 0.2) is 11.2 Å². The summed E-state index contributed by atoms with van der Waals surface area (Å²) in [7, 11) is 0. The Kier molecular flexibility index (Phi) is 6.59. The van der Waals surface area contributed by atoms with Crippen molar-refractivity contribution in [1.29, 1.82) is 0 Å². The van der Waals surface area contributed by atoms with Gasteiger partial charge in [0, 0.05) is 18.0 Å². The molecular weight excluding hydrogens is 478 g/mol. The van der Waals surface area contributed by atoms with Gasteiger partial charge >= 0.3 is 5.97 Å². The molecule has 10 heteroatoms. The number of nitrogens with zero attached hydrogens (tertiary/aromatic N) is 3. The Morgan fingerprint density at radius 3 is 2.72 bits per heavy atom. The number of carbonyl (C=O) groups excluding carboxylic acids is 2. The van der Waals surface area contributed by atoms with Crippen molar-refractivity contribution in [3.63, 3.8) is 0 Å². The molecule has 0 aliphatic carbocycles. The first kappa shape index (κ1) is 23.4. The van der Waals surface area contributed by atoms with Crippen LogP contribution in [-0.2, 0) is 9.53 Å². The molecule has 0 aliphatic rings. The number of pyridine rings is 1. The van der Waals surface area contributed by atoms with Crippen molar-refractivity contribution in [2.24, 2.45) is 0 Å². The summed E-state index contributed by atoms with van der Waals surface area (Å²) in [6, 6.07) is 14.3. The second-order valence-electron chi connectivity index (χ2n) is 7.93. The summed E-state index contributed by atoms with van der Waals surface area (Å²) >= 11 is 1.33. The third-order valence-electron chi connectivity index (χ3n) is 5.47. The van der Waals surface area contributed by atoms with E-state index in [0.29, 0.717) is 40.6 Å². The predicted molar refractivity (Wildman–Crippen MR) is 138 cm³/mol. The van der Waals surface area contributed by atoms with Gasteiger partial charge in [0.25, 0.3) is 5.91 Å². The fraction of sp³-hybridized carbons (Fsp3) is 0.192. The Morgan fingerprint density at radius 1 is 1.08 bits per heavy atom. The lowest BCUT2D eigenvalue weighted by Crippen LogP contribution is -2.32. The Labute approximate surface area is 210 Å². The van der Waals surface area contributed by atoms with E-state index in [9.17, 15) is 9.59 Å². The number of hydrogen-bond donors (Lipinski definition) is 2. The zero-order valence-electron chi connectivity index (χ0n) is 19.6. The Hall–Kier alpha value is -4.31. The van der Waals surface area contributed by atoms with Crippen molar-refractivity contribution in [2.75, 3.05) is 11.9 Å². The van der Waals surface area contributed by atoms with E-state index >= 15 is 0 Å². The highest BCUT2D eigenvalue weighted by Crippen LogP contribution is 2.29. The van der Waals surface area contributed by atoms with Crippen LogP contribution in [0, 0.1) is 0 Å². The molecule has 0 radical (unpaired) electrons. The van der Waals surface area contributed by atoms with Crippen molar-refractivity contribution in [2.45, 2.75) is 26.4 Å². The predicted octanol–water partition coefficient (Wildman–Crippen LogP) is 5.21. The topological polar surface area (TPSA) is 119 Å². The van der Waals surface area contributed by atoms with Gasteiger partial charge in [0.1, 0.15) is 11.6 Å². The minimum Gasteiger partial charge on any atom is -0.494 e. The zero-order chi connectivity index (χ0) is 25.1. The lowest BCUT2D eigenvalue weighted by Gasteiger charge is -2.15. The molecule has 0 fully saturated rings. The first-order valence-corrected chi connectivity index (χ1v) is 12.3. The molecule has 0 spiro atoms. The second-order valence-corrected chi connectivity index (χ2v) is 8.96. The van der Waals surface area contributed by atoms with Crippen LogP contribution in [0.3, 0.4) is 0 Å². The SMILES string of the molecule is CCOc1ccc2nc(NC(=O)C(CC)OC(=O)c3ccc4nc(-c5cccnc5)[nH]c4c3)sc2c1. The van der Waals surface area contributed by atoms with Gasteiger partial charge in [-0.2, -0.15) is 0 Å². The number of imidazole rings is 1.